The van der Waals surface area contributed by atoms with Crippen molar-refractivity contribution >= 4 is 28.1 Å². The van der Waals surface area contributed by atoms with Crippen LogP contribution >= 0.6 is 0 Å². The standard InChI is InChI=1S/C23H20N2/c24-17-22(21-10-9-19-5-1-2-6-20(19)16-21)15-18-7-11-23(12-8-18)25-13-3-4-14-25/h1-2,5-12,15-16H,3-4,13-14H2/b22-15-. The molecule has 1 aliphatic rings. The Morgan fingerprint density at radius 3 is 2.32 bits per heavy atom. The van der Waals surface area contributed by atoms with Crippen molar-refractivity contribution in [3.63, 3.8) is 0 Å². The Bertz CT molecular complexity index is 955. The van der Waals surface area contributed by atoms with Crippen molar-refractivity contribution in [3.05, 3.63) is 77.9 Å². The fourth-order valence-corrected chi connectivity index (χ4v) is 3.46. The highest BCUT2D eigenvalue weighted by Crippen LogP contribution is 2.25. The molecule has 0 radical (unpaired) electrons. The Morgan fingerprint density at radius 1 is 0.880 bits per heavy atom. The van der Waals surface area contributed by atoms with E-state index in [0.29, 0.717) is 5.57 Å². The molecular weight excluding hydrogens is 304 g/mol. The van der Waals surface area contributed by atoms with E-state index in [9.17, 15) is 5.26 Å². The third-order valence-corrected chi connectivity index (χ3v) is 4.86. The van der Waals surface area contributed by atoms with Gasteiger partial charge < -0.3 is 4.90 Å². The van der Waals surface area contributed by atoms with Crippen LogP contribution in [-0.4, -0.2) is 13.1 Å². The molecule has 1 heterocycles. The van der Waals surface area contributed by atoms with Gasteiger partial charge >= 0.3 is 0 Å². The number of fused-ring (bicyclic) bond motifs is 1. The molecule has 0 aliphatic carbocycles. The molecular formula is C23H20N2. The van der Waals surface area contributed by atoms with E-state index in [4.69, 9.17) is 0 Å². The molecule has 3 aromatic carbocycles. The van der Waals surface area contributed by atoms with Gasteiger partial charge in [0.1, 0.15) is 0 Å². The maximum absolute atomic E-state index is 9.61. The van der Waals surface area contributed by atoms with E-state index in [-0.39, 0.29) is 0 Å². The van der Waals surface area contributed by atoms with Crippen molar-refractivity contribution in [1.82, 2.24) is 0 Å². The number of benzene rings is 3. The summed E-state index contributed by atoms with van der Waals surface area (Å²) in [5.41, 5.74) is 4.00. The summed E-state index contributed by atoms with van der Waals surface area (Å²) in [5.74, 6) is 0. The fraction of sp³-hybridized carbons (Fsp3) is 0.174. The van der Waals surface area contributed by atoms with Crippen LogP contribution in [0, 0.1) is 11.3 Å². The first-order chi connectivity index (χ1) is 12.3. The van der Waals surface area contributed by atoms with Crippen LogP contribution in [0.15, 0.2) is 66.7 Å². The van der Waals surface area contributed by atoms with Gasteiger partial charge in [-0.3, -0.25) is 0 Å². The Morgan fingerprint density at radius 2 is 1.60 bits per heavy atom. The predicted molar refractivity (Wildman–Crippen MR) is 105 cm³/mol. The monoisotopic (exact) mass is 324 g/mol. The van der Waals surface area contributed by atoms with Gasteiger partial charge in [-0.1, -0.05) is 48.5 Å². The maximum atomic E-state index is 9.61. The lowest BCUT2D eigenvalue weighted by atomic mass is 10.00. The van der Waals surface area contributed by atoms with Gasteiger partial charge in [0.05, 0.1) is 11.6 Å². The van der Waals surface area contributed by atoms with E-state index in [2.05, 4.69) is 59.5 Å². The highest BCUT2D eigenvalue weighted by molar-refractivity contribution is 5.94. The molecule has 25 heavy (non-hydrogen) atoms. The van der Waals surface area contributed by atoms with Crippen molar-refractivity contribution < 1.29 is 0 Å². The minimum absolute atomic E-state index is 0.694. The summed E-state index contributed by atoms with van der Waals surface area (Å²) in [7, 11) is 0. The second-order valence-corrected chi connectivity index (χ2v) is 6.52. The molecule has 0 spiro atoms. The van der Waals surface area contributed by atoms with Crippen molar-refractivity contribution in [3.8, 4) is 6.07 Å². The highest BCUT2D eigenvalue weighted by Gasteiger charge is 2.11. The molecule has 4 rings (SSSR count). The molecule has 1 saturated heterocycles. The lowest BCUT2D eigenvalue weighted by Crippen LogP contribution is -2.17. The van der Waals surface area contributed by atoms with Crippen LogP contribution in [0.3, 0.4) is 0 Å². The molecule has 122 valence electrons. The number of anilines is 1. The van der Waals surface area contributed by atoms with Crippen molar-refractivity contribution in [2.75, 3.05) is 18.0 Å². The Labute approximate surface area is 148 Å². The van der Waals surface area contributed by atoms with Crippen molar-refractivity contribution in [2.24, 2.45) is 0 Å². The average Bonchev–Trinajstić information content (AvgIpc) is 3.21. The van der Waals surface area contributed by atoms with Crippen LogP contribution < -0.4 is 4.90 Å². The summed E-state index contributed by atoms with van der Waals surface area (Å²) in [6, 6.07) is 25.3. The van der Waals surface area contributed by atoms with E-state index in [0.717, 1.165) is 29.6 Å². The molecule has 0 unspecified atom stereocenters. The molecule has 3 aromatic rings. The first kappa shape index (κ1) is 15.5. The largest absolute Gasteiger partial charge is 0.372 e. The zero-order valence-corrected chi connectivity index (χ0v) is 14.2. The smallest absolute Gasteiger partial charge is 0.0998 e. The number of nitrogens with zero attached hydrogens (tertiary/aromatic N) is 2. The minimum atomic E-state index is 0.694. The SMILES string of the molecule is N#C/C(=C/c1ccc(N2CCCC2)cc1)c1ccc2ccccc2c1. The Kier molecular flexibility index (Phi) is 4.23. The lowest BCUT2D eigenvalue weighted by molar-refractivity contribution is 0.949. The van der Waals surface area contributed by atoms with Gasteiger partial charge in [-0.25, -0.2) is 0 Å². The van der Waals surface area contributed by atoms with E-state index in [1.807, 2.05) is 24.3 Å². The number of allylic oxidation sites excluding steroid dienone is 1. The molecule has 0 atom stereocenters. The summed E-state index contributed by atoms with van der Waals surface area (Å²) in [6.07, 6.45) is 4.53. The molecule has 2 nitrogen and oxygen atoms in total. The van der Waals surface area contributed by atoms with Gasteiger partial charge in [0.15, 0.2) is 0 Å². The van der Waals surface area contributed by atoms with Crippen LogP contribution in [0.4, 0.5) is 5.69 Å². The molecule has 0 bridgehead atoms. The Balaban J connectivity index is 1.64. The fourth-order valence-electron chi connectivity index (χ4n) is 3.46. The number of rotatable bonds is 3. The average molecular weight is 324 g/mol. The van der Waals surface area contributed by atoms with Crippen molar-refractivity contribution in [1.29, 1.82) is 5.26 Å². The lowest BCUT2D eigenvalue weighted by Gasteiger charge is -2.17. The highest BCUT2D eigenvalue weighted by atomic mass is 15.1. The van der Waals surface area contributed by atoms with Crippen LogP contribution in [0.25, 0.3) is 22.4 Å². The first-order valence-corrected chi connectivity index (χ1v) is 8.79. The maximum Gasteiger partial charge on any atom is 0.0998 e. The normalized spacial score (nSPS) is 14.7. The summed E-state index contributed by atoms with van der Waals surface area (Å²) in [6.45, 7) is 2.30. The minimum Gasteiger partial charge on any atom is -0.372 e. The van der Waals surface area contributed by atoms with Crippen LogP contribution in [-0.2, 0) is 0 Å². The van der Waals surface area contributed by atoms with E-state index >= 15 is 0 Å². The summed E-state index contributed by atoms with van der Waals surface area (Å²) in [4.78, 5) is 2.42. The zero-order chi connectivity index (χ0) is 17.1. The second kappa shape index (κ2) is 6.83. The molecule has 1 fully saturated rings. The first-order valence-electron chi connectivity index (χ1n) is 8.79. The Hall–Kier alpha value is -3.05. The van der Waals surface area contributed by atoms with Crippen LogP contribution in [0.2, 0.25) is 0 Å². The quantitative estimate of drug-likeness (QED) is 0.469. The third-order valence-electron chi connectivity index (χ3n) is 4.86. The second-order valence-electron chi connectivity index (χ2n) is 6.52. The summed E-state index contributed by atoms with van der Waals surface area (Å²) < 4.78 is 0. The van der Waals surface area contributed by atoms with Gasteiger partial charge in [-0.2, -0.15) is 5.26 Å². The summed E-state index contributed by atoms with van der Waals surface area (Å²) >= 11 is 0. The van der Waals surface area contributed by atoms with Gasteiger partial charge in [-0.05, 0) is 59.0 Å². The summed E-state index contributed by atoms with van der Waals surface area (Å²) in [5, 5.41) is 12.0. The van der Waals surface area contributed by atoms with Crippen LogP contribution in [0.1, 0.15) is 24.0 Å². The molecule has 1 aliphatic heterocycles. The number of hydrogen-bond acceptors (Lipinski definition) is 2. The molecule has 0 aromatic heterocycles. The number of hydrogen-bond donors (Lipinski definition) is 0. The van der Waals surface area contributed by atoms with Crippen LogP contribution in [0.5, 0.6) is 0 Å². The van der Waals surface area contributed by atoms with Gasteiger partial charge in [0.25, 0.3) is 0 Å². The molecule has 0 amide bonds. The van der Waals surface area contributed by atoms with E-state index in [1.165, 1.54) is 23.9 Å². The molecule has 0 saturated carbocycles. The molecule has 2 heteroatoms. The van der Waals surface area contributed by atoms with Gasteiger partial charge in [0, 0.05) is 18.8 Å². The molecule has 0 N–H and O–H groups in total. The van der Waals surface area contributed by atoms with Gasteiger partial charge in [-0.15, -0.1) is 0 Å². The van der Waals surface area contributed by atoms with Crippen molar-refractivity contribution in [2.45, 2.75) is 12.8 Å². The predicted octanol–water partition coefficient (Wildman–Crippen LogP) is 5.50. The van der Waals surface area contributed by atoms with E-state index in [1.54, 1.807) is 0 Å². The third kappa shape index (κ3) is 3.27. The zero-order valence-electron chi connectivity index (χ0n) is 14.2. The van der Waals surface area contributed by atoms with Gasteiger partial charge in [0.2, 0.25) is 0 Å². The topological polar surface area (TPSA) is 27.0 Å². The van der Waals surface area contributed by atoms with E-state index < -0.39 is 0 Å². The number of nitriles is 1.